The highest BCUT2D eigenvalue weighted by Gasteiger charge is 2.36. The third kappa shape index (κ3) is 2.49. The lowest BCUT2D eigenvalue weighted by atomic mass is 10.1. The Morgan fingerprint density at radius 1 is 1.12 bits per heavy atom. The minimum absolute atomic E-state index is 0.0992. The van der Waals surface area contributed by atoms with Crippen LogP contribution in [-0.4, -0.2) is 25.8 Å². The lowest BCUT2D eigenvalue weighted by Crippen LogP contribution is -2.24. The first-order valence-electron chi connectivity index (χ1n) is 7.89. The van der Waals surface area contributed by atoms with Gasteiger partial charge in [-0.05, 0) is 31.2 Å². The predicted octanol–water partition coefficient (Wildman–Crippen LogP) is 3.87. The van der Waals surface area contributed by atoms with Gasteiger partial charge >= 0.3 is 0 Å². The summed E-state index contributed by atoms with van der Waals surface area (Å²) in [6, 6.07) is 15.4. The van der Waals surface area contributed by atoms with Gasteiger partial charge in [0.1, 0.15) is 5.75 Å². The van der Waals surface area contributed by atoms with E-state index in [0.717, 1.165) is 32.8 Å². The second-order valence-electron chi connectivity index (χ2n) is 5.81. The summed E-state index contributed by atoms with van der Waals surface area (Å²) in [7, 11) is 3.62. The van der Waals surface area contributed by atoms with Gasteiger partial charge in [-0.2, -0.15) is 10.1 Å². The Hall–Kier alpha value is -2.73. The summed E-state index contributed by atoms with van der Waals surface area (Å²) in [5.41, 5.74) is 3.17. The number of amides is 1. The number of rotatable bonds is 2. The number of carbonyl (C=O) groups excluding carboxylic acids is 1. The molecule has 5 nitrogen and oxygen atoms in total. The van der Waals surface area contributed by atoms with E-state index in [4.69, 9.17) is 4.74 Å². The van der Waals surface area contributed by atoms with Crippen molar-refractivity contribution in [2.45, 2.75) is 11.8 Å². The molecule has 0 radical (unpaired) electrons. The molecule has 0 unspecified atom stereocenters. The van der Waals surface area contributed by atoms with Gasteiger partial charge in [0.2, 0.25) is 0 Å². The molecule has 0 bridgehead atoms. The average molecular weight is 351 g/mol. The molecule has 0 fully saturated rings. The number of hydrogen-bond acceptors (Lipinski definition) is 5. The minimum Gasteiger partial charge on any atom is -0.497 e. The molecule has 25 heavy (non-hydrogen) atoms. The van der Waals surface area contributed by atoms with Crippen LogP contribution in [0.25, 0.3) is 0 Å². The smallest absolute Gasteiger partial charge is 0.283 e. The van der Waals surface area contributed by atoms with Crippen molar-refractivity contribution < 1.29 is 9.53 Å². The van der Waals surface area contributed by atoms with Crippen LogP contribution in [0.3, 0.4) is 0 Å². The fraction of sp³-hybridized carbons (Fsp3) is 0.158. The molecule has 0 spiro atoms. The Labute approximate surface area is 150 Å². The van der Waals surface area contributed by atoms with E-state index in [-0.39, 0.29) is 5.91 Å². The third-order valence-corrected chi connectivity index (χ3v) is 5.51. The van der Waals surface area contributed by atoms with Crippen LogP contribution in [0, 0.1) is 0 Å². The van der Waals surface area contributed by atoms with E-state index in [1.54, 1.807) is 18.9 Å². The Balaban J connectivity index is 1.75. The quantitative estimate of drug-likeness (QED) is 0.771. The highest BCUT2D eigenvalue weighted by molar-refractivity contribution is 8.03. The monoisotopic (exact) mass is 351 g/mol. The molecule has 2 aromatic carbocycles. The van der Waals surface area contributed by atoms with E-state index in [1.807, 2.05) is 67.4 Å². The Morgan fingerprint density at radius 3 is 2.60 bits per heavy atom. The maximum absolute atomic E-state index is 13.0. The second kappa shape index (κ2) is 5.97. The molecule has 2 heterocycles. The summed E-state index contributed by atoms with van der Waals surface area (Å²) >= 11 is 1.59. The van der Waals surface area contributed by atoms with Crippen LogP contribution >= 0.6 is 11.8 Å². The molecule has 2 aromatic rings. The van der Waals surface area contributed by atoms with Crippen molar-refractivity contribution in [2.75, 3.05) is 24.1 Å². The van der Waals surface area contributed by atoms with Gasteiger partial charge in [-0.15, -0.1) is 0 Å². The van der Waals surface area contributed by atoms with Gasteiger partial charge in [-0.1, -0.05) is 30.0 Å². The fourth-order valence-electron chi connectivity index (χ4n) is 2.97. The van der Waals surface area contributed by atoms with E-state index < -0.39 is 0 Å². The van der Waals surface area contributed by atoms with Crippen molar-refractivity contribution >= 4 is 34.8 Å². The number of anilines is 2. The number of methoxy groups -OCH3 is 1. The average Bonchev–Trinajstić information content (AvgIpc) is 3.11. The van der Waals surface area contributed by atoms with Crippen LogP contribution in [0.5, 0.6) is 5.75 Å². The van der Waals surface area contributed by atoms with Crippen molar-refractivity contribution in [2.24, 2.45) is 5.10 Å². The molecule has 4 rings (SSSR count). The van der Waals surface area contributed by atoms with Gasteiger partial charge < -0.3 is 9.64 Å². The molecule has 1 amide bonds. The fourth-order valence-corrected chi connectivity index (χ4v) is 4.19. The topological polar surface area (TPSA) is 45.1 Å². The summed E-state index contributed by atoms with van der Waals surface area (Å²) in [6.07, 6.45) is 0. The maximum atomic E-state index is 13.0. The van der Waals surface area contributed by atoms with Crippen molar-refractivity contribution in [1.29, 1.82) is 0 Å². The zero-order valence-corrected chi connectivity index (χ0v) is 15.0. The molecule has 6 heteroatoms. The molecule has 0 N–H and O–H groups in total. The number of thioether (sulfide) groups is 1. The predicted molar refractivity (Wildman–Crippen MR) is 101 cm³/mol. The molecular formula is C19H17N3O2S. The van der Waals surface area contributed by atoms with Crippen LogP contribution in [0.1, 0.15) is 6.92 Å². The maximum Gasteiger partial charge on any atom is 0.283 e. The molecule has 126 valence electrons. The normalized spacial score (nSPS) is 19.3. The highest BCUT2D eigenvalue weighted by atomic mass is 32.2. The highest BCUT2D eigenvalue weighted by Crippen LogP contribution is 2.48. The number of hydrazone groups is 1. The number of benzene rings is 2. The van der Waals surface area contributed by atoms with Crippen molar-refractivity contribution in [1.82, 2.24) is 0 Å². The first-order valence-corrected chi connectivity index (χ1v) is 8.71. The SMILES string of the molecule is COc1ccc2c(c1)N(C)C(=C1C(=O)N(c3ccccc3)N=C1C)S2. The van der Waals surface area contributed by atoms with Gasteiger partial charge in [0.15, 0.2) is 0 Å². The zero-order valence-electron chi connectivity index (χ0n) is 14.2. The summed E-state index contributed by atoms with van der Waals surface area (Å²) < 4.78 is 5.31. The lowest BCUT2D eigenvalue weighted by Gasteiger charge is -2.17. The summed E-state index contributed by atoms with van der Waals surface area (Å²) in [6.45, 7) is 1.88. The van der Waals surface area contributed by atoms with E-state index in [9.17, 15) is 4.79 Å². The van der Waals surface area contributed by atoms with Crippen LogP contribution in [0.2, 0.25) is 0 Å². The van der Waals surface area contributed by atoms with Crippen molar-refractivity contribution in [3.05, 3.63) is 59.1 Å². The van der Waals surface area contributed by atoms with Gasteiger partial charge in [-0.25, -0.2) is 0 Å². The molecule has 0 saturated heterocycles. The molecule has 0 aromatic heterocycles. The number of carbonyl (C=O) groups is 1. The van der Waals surface area contributed by atoms with Crippen molar-refractivity contribution in [3.63, 3.8) is 0 Å². The number of hydrogen-bond donors (Lipinski definition) is 0. The van der Waals surface area contributed by atoms with Gasteiger partial charge in [0.05, 0.1) is 34.8 Å². The lowest BCUT2D eigenvalue weighted by molar-refractivity contribution is -0.114. The van der Waals surface area contributed by atoms with Crippen LogP contribution in [-0.2, 0) is 4.79 Å². The van der Waals surface area contributed by atoms with E-state index >= 15 is 0 Å². The van der Waals surface area contributed by atoms with Crippen LogP contribution in [0.4, 0.5) is 11.4 Å². The largest absolute Gasteiger partial charge is 0.497 e. The van der Waals surface area contributed by atoms with E-state index in [2.05, 4.69) is 5.10 Å². The molecule has 0 saturated carbocycles. The second-order valence-corrected chi connectivity index (χ2v) is 6.84. The molecule has 0 aliphatic carbocycles. The molecule has 2 aliphatic heterocycles. The molecule has 0 atom stereocenters. The molecular weight excluding hydrogens is 334 g/mol. The number of ether oxygens (including phenoxy) is 1. The standard InChI is InChI=1S/C19H17N3O2S/c1-12-17(18(23)22(20-12)13-7-5-4-6-8-13)19-21(2)15-11-14(24-3)9-10-16(15)25-19/h4-11H,1-3H3. The summed E-state index contributed by atoms with van der Waals surface area (Å²) in [4.78, 5) is 16.1. The summed E-state index contributed by atoms with van der Waals surface area (Å²) in [5, 5.41) is 6.84. The Morgan fingerprint density at radius 2 is 1.88 bits per heavy atom. The Kier molecular flexibility index (Phi) is 3.77. The van der Waals surface area contributed by atoms with Gasteiger partial charge in [0.25, 0.3) is 5.91 Å². The van der Waals surface area contributed by atoms with Crippen LogP contribution < -0.4 is 14.6 Å². The van der Waals surface area contributed by atoms with E-state index in [0.29, 0.717) is 5.57 Å². The van der Waals surface area contributed by atoms with Crippen LogP contribution in [0.15, 0.2) is 69.1 Å². The number of para-hydroxylation sites is 1. The zero-order chi connectivity index (χ0) is 17.6. The van der Waals surface area contributed by atoms with Gasteiger partial charge in [0, 0.05) is 18.0 Å². The van der Waals surface area contributed by atoms with E-state index in [1.165, 1.54) is 5.01 Å². The first-order chi connectivity index (χ1) is 12.1. The summed E-state index contributed by atoms with van der Waals surface area (Å²) in [5.74, 6) is 0.698. The van der Waals surface area contributed by atoms with Crippen molar-refractivity contribution in [3.8, 4) is 5.75 Å². The minimum atomic E-state index is -0.0992. The Bertz CT molecular complexity index is 922. The molecule has 2 aliphatic rings. The van der Waals surface area contributed by atoms with Gasteiger partial charge in [-0.3, -0.25) is 4.79 Å². The number of fused-ring (bicyclic) bond motifs is 1. The number of nitrogens with zero attached hydrogens (tertiary/aromatic N) is 3. The third-order valence-electron chi connectivity index (χ3n) is 4.27. The first kappa shape index (κ1) is 15.8.